The molecule has 0 unspecified atom stereocenters. The fourth-order valence-electron chi connectivity index (χ4n) is 4.23. The molecule has 36 heavy (non-hydrogen) atoms. The predicted octanol–water partition coefficient (Wildman–Crippen LogP) is 3.76. The van der Waals surface area contributed by atoms with Crippen LogP contribution in [-0.4, -0.2) is 36.5 Å². The van der Waals surface area contributed by atoms with Crippen LogP contribution in [0.15, 0.2) is 90.1 Å². The second-order valence-corrected chi connectivity index (χ2v) is 10.5. The van der Waals surface area contributed by atoms with Crippen LogP contribution in [0.3, 0.4) is 0 Å². The second-order valence-electron chi connectivity index (χ2n) is 8.61. The fourth-order valence-corrected chi connectivity index (χ4v) is 5.70. The Kier molecular flexibility index (Phi) is 6.24. The zero-order valence-corrected chi connectivity index (χ0v) is 20.8. The molecule has 0 fully saturated rings. The van der Waals surface area contributed by atoms with Gasteiger partial charge in [-0.2, -0.15) is 0 Å². The second kappa shape index (κ2) is 9.50. The molecule has 0 radical (unpaired) electrons. The third-order valence-electron chi connectivity index (χ3n) is 6.17. The average Bonchev–Trinajstić information content (AvgIpc) is 3.32. The van der Waals surface area contributed by atoms with Crippen molar-refractivity contribution in [2.75, 3.05) is 10.8 Å². The van der Waals surface area contributed by atoms with Gasteiger partial charge in [0.2, 0.25) is 0 Å². The predicted molar refractivity (Wildman–Crippen MR) is 137 cm³/mol. The van der Waals surface area contributed by atoms with E-state index in [1.54, 1.807) is 54.7 Å². The molecule has 2 heterocycles. The number of carbonyl (C=O) groups excluding carboxylic acids is 1. The molecule has 8 nitrogen and oxygen atoms in total. The monoisotopic (exact) mass is 502 g/mol. The van der Waals surface area contributed by atoms with E-state index in [-0.39, 0.29) is 18.0 Å². The molecule has 0 aliphatic carbocycles. The van der Waals surface area contributed by atoms with Crippen molar-refractivity contribution in [3.63, 3.8) is 0 Å². The molecule has 1 aromatic heterocycles. The first-order valence-corrected chi connectivity index (χ1v) is 13.0. The highest BCUT2D eigenvalue weighted by molar-refractivity contribution is 7.92. The van der Waals surface area contributed by atoms with Crippen LogP contribution < -0.4 is 14.4 Å². The molecule has 5 rings (SSSR count). The largest absolute Gasteiger partial charge is 0.476 e. The van der Waals surface area contributed by atoms with E-state index in [9.17, 15) is 13.2 Å². The van der Waals surface area contributed by atoms with Crippen molar-refractivity contribution in [2.45, 2.75) is 31.4 Å². The van der Waals surface area contributed by atoms with Crippen LogP contribution in [0.2, 0.25) is 0 Å². The standard InChI is InChI=1S/C27H26N4O4S/c1-19-11-13-22(14-12-19)36(33,34)31-18-26(35-25-10-6-5-9-24(25)31)27(32)29-17-21-7-3-4-8-23(21)30-16-15-28-20(30)2/h3-16,26H,17-18H2,1-2H3,(H,29,32)/t26-/m0/s1. The van der Waals surface area contributed by atoms with E-state index < -0.39 is 22.0 Å². The van der Waals surface area contributed by atoms with Gasteiger partial charge in [0.15, 0.2) is 6.10 Å². The lowest BCUT2D eigenvalue weighted by atomic mass is 10.1. The lowest BCUT2D eigenvalue weighted by Gasteiger charge is -2.34. The number of anilines is 1. The Morgan fingerprint density at radius 1 is 1.00 bits per heavy atom. The molecule has 1 aliphatic heterocycles. The summed E-state index contributed by atoms with van der Waals surface area (Å²) in [5.41, 5.74) is 3.17. The number of sulfonamides is 1. The number of imidazole rings is 1. The number of hydrogen-bond donors (Lipinski definition) is 1. The quantitative estimate of drug-likeness (QED) is 0.433. The summed E-state index contributed by atoms with van der Waals surface area (Å²) in [6.07, 6.45) is 2.58. The van der Waals surface area contributed by atoms with Crippen molar-refractivity contribution in [1.82, 2.24) is 14.9 Å². The Labute approximate surface area is 210 Å². The van der Waals surface area contributed by atoms with E-state index in [0.29, 0.717) is 11.4 Å². The minimum atomic E-state index is -3.90. The summed E-state index contributed by atoms with van der Waals surface area (Å²) in [4.78, 5) is 17.7. The van der Waals surface area contributed by atoms with Crippen molar-refractivity contribution >= 4 is 21.6 Å². The molecule has 9 heteroatoms. The van der Waals surface area contributed by atoms with Crippen molar-refractivity contribution in [1.29, 1.82) is 0 Å². The summed E-state index contributed by atoms with van der Waals surface area (Å²) in [7, 11) is -3.90. The van der Waals surface area contributed by atoms with E-state index in [1.165, 1.54) is 4.31 Å². The van der Waals surface area contributed by atoms with Crippen LogP contribution >= 0.6 is 0 Å². The first kappa shape index (κ1) is 23.6. The van der Waals surface area contributed by atoms with E-state index in [2.05, 4.69) is 10.3 Å². The number of aromatic nitrogens is 2. The van der Waals surface area contributed by atoms with Gasteiger partial charge in [0, 0.05) is 18.9 Å². The van der Waals surface area contributed by atoms with E-state index in [0.717, 1.165) is 22.6 Å². The number of amides is 1. The minimum absolute atomic E-state index is 0.138. The topological polar surface area (TPSA) is 93.5 Å². The van der Waals surface area contributed by atoms with Crippen LogP contribution in [-0.2, 0) is 21.4 Å². The average molecular weight is 503 g/mol. The highest BCUT2D eigenvalue weighted by atomic mass is 32.2. The van der Waals surface area contributed by atoms with Crippen LogP contribution in [0.5, 0.6) is 5.75 Å². The van der Waals surface area contributed by atoms with Gasteiger partial charge >= 0.3 is 0 Å². The number of para-hydroxylation sites is 3. The van der Waals surface area contributed by atoms with Gasteiger partial charge in [-0.1, -0.05) is 48.0 Å². The van der Waals surface area contributed by atoms with Crippen molar-refractivity contribution in [3.8, 4) is 11.4 Å². The van der Waals surface area contributed by atoms with Gasteiger partial charge in [-0.3, -0.25) is 9.10 Å². The maximum Gasteiger partial charge on any atom is 0.264 e. The number of ether oxygens (including phenoxy) is 1. The minimum Gasteiger partial charge on any atom is -0.476 e. The molecule has 1 N–H and O–H groups in total. The first-order chi connectivity index (χ1) is 17.3. The Morgan fingerprint density at radius 3 is 2.42 bits per heavy atom. The third kappa shape index (κ3) is 4.45. The Bertz CT molecular complexity index is 1510. The number of hydrogen-bond acceptors (Lipinski definition) is 5. The highest BCUT2D eigenvalue weighted by Gasteiger charge is 2.37. The van der Waals surface area contributed by atoms with Crippen molar-refractivity contribution in [3.05, 3.63) is 102 Å². The lowest BCUT2D eigenvalue weighted by molar-refractivity contribution is -0.127. The number of nitrogens with one attached hydrogen (secondary N) is 1. The summed E-state index contributed by atoms with van der Waals surface area (Å²) >= 11 is 0. The summed E-state index contributed by atoms with van der Waals surface area (Å²) in [6, 6.07) is 21.2. The van der Waals surface area contributed by atoms with E-state index >= 15 is 0 Å². The Morgan fingerprint density at radius 2 is 1.69 bits per heavy atom. The van der Waals surface area contributed by atoms with Gasteiger partial charge in [-0.25, -0.2) is 13.4 Å². The van der Waals surface area contributed by atoms with E-state index in [1.807, 2.05) is 48.9 Å². The van der Waals surface area contributed by atoms with Gasteiger partial charge in [-0.05, 0) is 49.7 Å². The Balaban J connectivity index is 1.39. The number of nitrogens with zero attached hydrogens (tertiary/aromatic N) is 3. The van der Waals surface area contributed by atoms with Crippen LogP contribution in [0.1, 0.15) is 17.0 Å². The summed E-state index contributed by atoms with van der Waals surface area (Å²) in [5.74, 6) is 0.776. The van der Waals surface area contributed by atoms with Crippen molar-refractivity contribution in [2.24, 2.45) is 0 Å². The summed E-state index contributed by atoms with van der Waals surface area (Å²) in [6.45, 7) is 3.92. The molecule has 4 aromatic rings. The molecule has 0 saturated carbocycles. The number of aryl methyl sites for hydroxylation is 2. The van der Waals surface area contributed by atoms with Crippen LogP contribution in [0, 0.1) is 13.8 Å². The smallest absolute Gasteiger partial charge is 0.264 e. The number of fused-ring (bicyclic) bond motifs is 1. The van der Waals surface area contributed by atoms with Crippen LogP contribution in [0.4, 0.5) is 5.69 Å². The number of carbonyl (C=O) groups is 1. The fraction of sp³-hybridized carbons (Fsp3) is 0.185. The zero-order chi connectivity index (χ0) is 25.3. The normalized spacial score (nSPS) is 15.2. The summed E-state index contributed by atoms with van der Waals surface area (Å²) < 4.78 is 36.2. The summed E-state index contributed by atoms with van der Waals surface area (Å²) in [5, 5.41) is 2.92. The zero-order valence-electron chi connectivity index (χ0n) is 20.0. The maximum atomic E-state index is 13.5. The molecule has 0 saturated heterocycles. The third-order valence-corrected chi connectivity index (χ3v) is 7.96. The Hall–Kier alpha value is -4.11. The number of benzene rings is 3. The molecule has 0 spiro atoms. The SMILES string of the molecule is Cc1ccc(S(=O)(=O)N2C[C@@H](C(=O)NCc3ccccc3-n3ccnc3C)Oc3ccccc32)cc1. The molecule has 0 bridgehead atoms. The molecule has 3 aromatic carbocycles. The van der Waals surface area contributed by atoms with Crippen molar-refractivity contribution < 1.29 is 17.9 Å². The van der Waals surface area contributed by atoms with Gasteiger partial charge in [0.1, 0.15) is 11.6 Å². The highest BCUT2D eigenvalue weighted by Crippen LogP contribution is 2.36. The number of rotatable bonds is 6. The van der Waals surface area contributed by atoms with Gasteiger partial charge in [0.25, 0.3) is 15.9 Å². The van der Waals surface area contributed by atoms with Gasteiger partial charge in [-0.15, -0.1) is 0 Å². The molecule has 184 valence electrons. The van der Waals surface area contributed by atoms with Crippen LogP contribution in [0.25, 0.3) is 5.69 Å². The molecule has 1 amide bonds. The first-order valence-electron chi connectivity index (χ1n) is 11.6. The molecule has 1 atom stereocenters. The maximum absolute atomic E-state index is 13.5. The lowest BCUT2D eigenvalue weighted by Crippen LogP contribution is -2.50. The molecular weight excluding hydrogens is 476 g/mol. The molecular formula is C27H26N4O4S. The molecule has 1 aliphatic rings. The van der Waals surface area contributed by atoms with Gasteiger partial charge < -0.3 is 14.6 Å². The van der Waals surface area contributed by atoms with Gasteiger partial charge in [0.05, 0.1) is 22.8 Å². The van der Waals surface area contributed by atoms with E-state index in [4.69, 9.17) is 4.74 Å².